The van der Waals surface area contributed by atoms with Gasteiger partial charge in [-0.25, -0.2) is 10.9 Å². The van der Waals surface area contributed by atoms with Crippen LogP contribution in [0.3, 0.4) is 0 Å². The minimum atomic E-state index is -0.376. The number of benzene rings is 7. The zero-order valence-electron chi connectivity index (χ0n) is 23.6. The SMILES string of the molecule is O=C(NN=Cc1c2ccccc2cc2ccccc12)c1ccc(C(=O)NN=Cc2c3ccccc3cc3ccccc23)cc1. The van der Waals surface area contributed by atoms with Gasteiger partial charge >= 0.3 is 0 Å². The summed E-state index contributed by atoms with van der Waals surface area (Å²) >= 11 is 0. The van der Waals surface area contributed by atoms with Crippen LogP contribution in [0.15, 0.2) is 144 Å². The van der Waals surface area contributed by atoms with E-state index in [9.17, 15) is 9.59 Å². The third-order valence-electron chi connectivity index (χ3n) is 7.75. The third-order valence-corrected chi connectivity index (χ3v) is 7.75. The number of hydrogen-bond donors (Lipinski definition) is 2. The minimum Gasteiger partial charge on any atom is -0.267 e. The molecule has 0 unspecified atom stereocenters. The number of nitrogens with one attached hydrogen (secondary N) is 2. The molecule has 7 aromatic carbocycles. The van der Waals surface area contributed by atoms with Crippen LogP contribution in [0.25, 0.3) is 43.1 Å². The van der Waals surface area contributed by atoms with E-state index in [0.717, 1.165) is 54.2 Å². The highest BCUT2D eigenvalue weighted by atomic mass is 16.2. The van der Waals surface area contributed by atoms with Crippen molar-refractivity contribution < 1.29 is 9.59 Å². The van der Waals surface area contributed by atoms with Gasteiger partial charge in [0.1, 0.15) is 0 Å². The molecule has 44 heavy (non-hydrogen) atoms. The van der Waals surface area contributed by atoms with Gasteiger partial charge in [0.2, 0.25) is 0 Å². The van der Waals surface area contributed by atoms with Crippen molar-refractivity contribution in [2.75, 3.05) is 0 Å². The standard InChI is InChI=1S/C38H26N4O2/c43-37(41-39-23-35-31-13-5-1-9-27(31)21-28-10-2-6-14-32(28)35)25-17-19-26(20-18-25)38(44)42-40-24-36-33-15-7-3-11-29(33)22-30-12-4-8-16-34(30)36/h1-24H,(H,41,43)(H,42,44). The van der Waals surface area contributed by atoms with Crippen LogP contribution in [0, 0.1) is 0 Å². The molecular weight excluding hydrogens is 544 g/mol. The van der Waals surface area contributed by atoms with Crippen LogP contribution in [0.1, 0.15) is 31.8 Å². The Morgan fingerprint density at radius 1 is 0.432 bits per heavy atom. The number of hydrazone groups is 2. The summed E-state index contributed by atoms with van der Waals surface area (Å²) < 4.78 is 0. The fourth-order valence-corrected chi connectivity index (χ4v) is 5.59. The van der Waals surface area contributed by atoms with Gasteiger partial charge < -0.3 is 0 Å². The van der Waals surface area contributed by atoms with Crippen molar-refractivity contribution in [3.63, 3.8) is 0 Å². The number of fused-ring (bicyclic) bond motifs is 4. The summed E-state index contributed by atoms with van der Waals surface area (Å²) in [5.41, 5.74) is 7.86. The van der Waals surface area contributed by atoms with Gasteiger partial charge in [0.05, 0.1) is 12.4 Å². The molecule has 0 saturated carbocycles. The van der Waals surface area contributed by atoms with E-state index < -0.39 is 0 Å². The molecule has 0 aliphatic rings. The monoisotopic (exact) mass is 570 g/mol. The normalized spacial score (nSPS) is 11.6. The first kappa shape index (κ1) is 26.7. The summed E-state index contributed by atoms with van der Waals surface area (Å²) in [6.07, 6.45) is 3.36. The molecule has 0 aliphatic heterocycles. The number of nitrogens with zero attached hydrogens (tertiary/aromatic N) is 2. The largest absolute Gasteiger partial charge is 0.271 e. The summed E-state index contributed by atoms with van der Waals surface area (Å²) in [6.45, 7) is 0. The van der Waals surface area contributed by atoms with Crippen LogP contribution in [0.5, 0.6) is 0 Å². The minimum absolute atomic E-state index is 0.376. The van der Waals surface area contributed by atoms with Crippen molar-refractivity contribution in [1.29, 1.82) is 0 Å². The molecule has 7 aromatic rings. The lowest BCUT2D eigenvalue weighted by Crippen LogP contribution is -2.19. The lowest BCUT2D eigenvalue weighted by atomic mass is 9.97. The third kappa shape index (κ3) is 5.16. The van der Waals surface area contributed by atoms with Gasteiger partial charge in [-0.1, -0.05) is 97.1 Å². The maximum atomic E-state index is 12.8. The van der Waals surface area contributed by atoms with E-state index in [4.69, 9.17) is 0 Å². The second-order valence-corrected chi connectivity index (χ2v) is 10.4. The van der Waals surface area contributed by atoms with Crippen molar-refractivity contribution in [1.82, 2.24) is 10.9 Å². The van der Waals surface area contributed by atoms with E-state index in [1.807, 2.05) is 72.8 Å². The molecule has 0 aromatic heterocycles. The zero-order chi connectivity index (χ0) is 29.9. The highest BCUT2D eigenvalue weighted by Crippen LogP contribution is 2.28. The highest BCUT2D eigenvalue weighted by Gasteiger charge is 2.10. The van der Waals surface area contributed by atoms with Crippen LogP contribution in [0.2, 0.25) is 0 Å². The molecule has 6 heteroatoms. The Kier molecular flexibility index (Phi) is 7.06. The predicted molar refractivity (Wildman–Crippen MR) is 179 cm³/mol. The van der Waals surface area contributed by atoms with Crippen LogP contribution in [-0.2, 0) is 0 Å². The Balaban J connectivity index is 1.05. The fraction of sp³-hybridized carbons (Fsp3) is 0. The lowest BCUT2D eigenvalue weighted by Gasteiger charge is -2.08. The molecule has 0 atom stereocenters. The average Bonchev–Trinajstić information content (AvgIpc) is 3.07. The van der Waals surface area contributed by atoms with Crippen molar-refractivity contribution in [3.8, 4) is 0 Å². The summed E-state index contributed by atoms with van der Waals surface area (Å²) in [7, 11) is 0. The van der Waals surface area contributed by atoms with Crippen molar-refractivity contribution in [2.45, 2.75) is 0 Å². The molecule has 0 aliphatic carbocycles. The maximum Gasteiger partial charge on any atom is 0.271 e. The second kappa shape index (κ2) is 11.6. The topological polar surface area (TPSA) is 82.9 Å². The molecule has 0 radical (unpaired) electrons. The van der Waals surface area contributed by atoms with E-state index in [2.05, 4.69) is 57.5 Å². The molecule has 0 spiro atoms. The quantitative estimate of drug-likeness (QED) is 0.121. The van der Waals surface area contributed by atoms with Gasteiger partial charge in [0.25, 0.3) is 11.8 Å². The van der Waals surface area contributed by atoms with Gasteiger partial charge in [-0.2, -0.15) is 10.2 Å². The molecule has 2 amide bonds. The Bertz CT molecular complexity index is 2000. The second-order valence-electron chi connectivity index (χ2n) is 10.4. The average molecular weight is 571 g/mol. The van der Waals surface area contributed by atoms with Crippen LogP contribution in [-0.4, -0.2) is 24.2 Å². The number of hydrogen-bond acceptors (Lipinski definition) is 4. The van der Waals surface area contributed by atoms with E-state index in [0.29, 0.717) is 11.1 Å². The molecule has 210 valence electrons. The summed E-state index contributed by atoms with van der Waals surface area (Å²) in [5, 5.41) is 17.1. The lowest BCUT2D eigenvalue weighted by molar-refractivity contribution is 0.0943. The van der Waals surface area contributed by atoms with Gasteiger partial charge in [-0.05, 0) is 79.5 Å². The van der Waals surface area contributed by atoms with E-state index in [1.165, 1.54) is 0 Å². The van der Waals surface area contributed by atoms with Crippen molar-refractivity contribution >= 4 is 67.3 Å². The smallest absolute Gasteiger partial charge is 0.267 e. The Labute approximate surface area is 253 Å². The highest BCUT2D eigenvalue weighted by molar-refractivity contribution is 6.14. The Morgan fingerprint density at radius 3 is 1.05 bits per heavy atom. The number of carbonyl (C=O) groups is 2. The molecule has 7 rings (SSSR count). The first-order valence-corrected chi connectivity index (χ1v) is 14.2. The van der Waals surface area contributed by atoms with Crippen LogP contribution in [0.4, 0.5) is 0 Å². The maximum absolute atomic E-state index is 12.8. The van der Waals surface area contributed by atoms with Crippen LogP contribution < -0.4 is 10.9 Å². The number of rotatable bonds is 6. The van der Waals surface area contributed by atoms with E-state index >= 15 is 0 Å². The first-order chi connectivity index (χ1) is 21.7. The van der Waals surface area contributed by atoms with E-state index in [-0.39, 0.29) is 11.8 Å². The molecule has 2 N–H and O–H groups in total. The first-order valence-electron chi connectivity index (χ1n) is 14.2. The molecular formula is C38H26N4O2. The molecule has 0 bridgehead atoms. The molecule has 6 nitrogen and oxygen atoms in total. The van der Waals surface area contributed by atoms with Gasteiger partial charge in [0.15, 0.2) is 0 Å². The van der Waals surface area contributed by atoms with E-state index in [1.54, 1.807) is 36.7 Å². The summed E-state index contributed by atoms with van der Waals surface area (Å²) in [4.78, 5) is 25.7. The summed E-state index contributed by atoms with van der Waals surface area (Å²) in [5.74, 6) is -0.753. The number of carbonyl (C=O) groups excluding carboxylic acids is 2. The molecule has 0 heterocycles. The summed E-state index contributed by atoms with van der Waals surface area (Å²) in [6, 6.07) is 43.1. The number of amides is 2. The van der Waals surface area contributed by atoms with Crippen molar-refractivity contribution in [3.05, 3.63) is 156 Å². The van der Waals surface area contributed by atoms with Gasteiger partial charge in [-0.15, -0.1) is 0 Å². The van der Waals surface area contributed by atoms with Gasteiger partial charge in [-0.3, -0.25) is 9.59 Å². The Morgan fingerprint density at radius 2 is 0.727 bits per heavy atom. The van der Waals surface area contributed by atoms with Crippen molar-refractivity contribution in [2.24, 2.45) is 10.2 Å². The predicted octanol–water partition coefficient (Wildman–Crippen LogP) is 7.83. The van der Waals surface area contributed by atoms with Crippen LogP contribution >= 0.6 is 0 Å². The fourth-order valence-electron chi connectivity index (χ4n) is 5.59. The van der Waals surface area contributed by atoms with Gasteiger partial charge in [0, 0.05) is 22.3 Å². The molecule has 0 fully saturated rings. The Hall–Kier alpha value is -6.14. The molecule has 0 saturated heterocycles. The zero-order valence-corrected chi connectivity index (χ0v) is 23.6.